The van der Waals surface area contributed by atoms with Crippen molar-refractivity contribution >= 4 is 6.47 Å². The topological polar surface area (TPSA) is 95.6 Å². The number of rotatable bonds is 0. The second kappa shape index (κ2) is 99.7. The third-order valence-corrected chi connectivity index (χ3v) is 0. The van der Waals surface area contributed by atoms with Crippen molar-refractivity contribution in [1.82, 2.24) is 5.43 Å². The average Bonchev–Trinajstić information content (AvgIpc) is 1.75. The van der Waals surface area contributed by atoms with E-state index in [1.54, 1.807) is 7.05 Å². The molecule has 0 aliphatic rings. The molecule has 0 fully saturated rings. The average molecular weight is 124 g/mol. The Labute approximate surface area is 48.1 Å². The molecule has 8 heavy (non-hydrogen) atoms. The predicted molar refractivity (Wildman–Crippen MR) is 30.1 cm³/mol. The second-order valence-corrected chi connectivity index (χ2v) is 0.394. The van der Waals surface area contributed by atoms with Gasteiger partial charge < -0.3 is 10.2 Å². The number of carbonyl (C=O) groups is 1. The number of hydrogen-bond donors (Lipinski definition) is 4. The van der Waals surface area contributed by atoms with E-state index in [0.717, 1.165) is 7.11 Å². The largest absolute Gasteiger partial charge is 0.483 e. The molecule has 0 aromatic carbocycles. The lowest BCUT2D eigenvalue weighted by Crippen LogP contribution is -2.13. The highest BCUT2D eigenvalue weighted by Crippen LogP contribution is 0.966. The summed E-state index contributed by atoms with van der Waals surface area (Å²) in [7, 11) is 2.65. The molecule has 5 heteroatoms. The van der Waals surface area contributed by atoms with Gasteiger partial charge >= 0.3 is 0 Å². The van der Waals surface area contributed by atoms with Crippen LogP contribution in [0.2, 0.25) is 0 Å². The van der Waals surface area contributed by atoms with Crippen LogP contribution in [-0.2, 0) is 4.79 Å². The molecule has 0 spiro atoms. The molecule has 0 bridgehead atoms. The Hall–Kier alpha value is -0.650. The van der Waals surface area contributed by atoms with E-state index in [1.807, 2.05) is 0 Å². The fourth-order valence-corrected chi connectivity index (χ4v) is 0. The van der Waals surface area contributed by atoms with Crippen molar-refractivity contribution in [2.45, 2.75) is 0 Å². The highest BCUT2D eigenvalue weighted by atomic mass is 16.3. The lowest BCUT2D eigenvalue weighted by molar-refractivity contribution is -0.122. The molecule has 0 amide bonds. The van der Waals surface area contributed by atoms with Gasteiger partial charge in [0.25, 0.3) is 6.47 Å². The molecule has 0 aliphatic heterocycles. The number of hydrogen-bond acceptors (Lipinski definition) is 4. The quantitative estimate of drug-likeness (QED) is 0.177. The fourth-order valence-electron chi connectivity index (χ4n) is 0. The number of nitrogens with one attached hydrogen (secondary N) is 1. The monoisotopic (exact) mass is 124 g/mol. The maximum absolute atomic E-state index is 8.36. The highest BCUT2D eigenvalue weighted by Gasteiger charge is 1.22. The third kappa shape index (κ3) is 240. The summed E-state index contributed by atoms with van der Waals surface area (Å²) in [5.41, 5.74) is 2.25. The zero-order valence-electron chi connectivity index (χ0n) is 4.96. The van der Waals surface area contributed by atoms with Gasteiger partial charge in [0.2, 0.25) is 0 Å². The van der Waals surface area contributed by atoms with Crippen molar-refractivity contribution in [2.24, 2.45) is 5.84 Å². The minimum Gasteiger partial charge on any atom is -0.483 e. The van der Waals surface area contributed by atoms with Crippen molar-refractivity contribution in [1.29, 1.82) is 0 Å². The van der Waals surface area contributed by atoms with Crippen LogP contribution in [0.4, 0.5) is 0 Å². The molecule has 0 aromatic rings. The van der Waals surface area contributed by atoms with E-state index in [-0.39, 0.29) is 6.47 Å². The van der Waals surface area contributed by atoms with Crippen LogP contribution >= 0.6 is 0 Å². The first-order valence-corrected chi connectivity index (χ1v) is 1.73. The van der Waals surface area contributed by atoms with Crippen LogP contribution < -0.4 is 11.3 Å². The van der Waals surface area contributed by atoms with Crippen LogP contribution in [0.3, 0.4) is 0 Å². The zero-order chi connectivity index (χ0) is 7.41. The summed E-state index contributed by atoms with van der Waals surface area (Å²) in [6.45, 7) is -0.250. The summed E-state index contributed by atoms with van der Waals surface area (Å²) in [6.07, 6.45) is 0. The normalized spacial score (nSPS) is 4.50. The van der Waals surface area contributed by atoms with Crippen LogP contribution in [0.1, 0.15) is 0 Å². The summed E-state index contributed by atoms with van der Waals surface area (Å²) in [5, 5.41) is 13.9. The van der Waals surface area contributed by atoms with E-state index in [9.17, 15) is 0 Å². The molecule has 0 rings (SSSR count). The van der Waals surface area contributed by atoms with Gasteiger partial charge in [0.05, 0.1) is 0 Å². The van der Waals surface area contributed by atoms with Gasteiger partial charge in [-0.15, -0.1) is 0 Å². The lowest BCUT2D eigenvalue weighted by atomic mass is 11.5. The summed E-state index contributed by atoms with van der Waals surface area (Å²) in [5.74, 6) is 4.60. The highest BCUT2D eigenvalue weighted by molar-refractivity contribution is 5.32. The van der Waals surface area contributed by atoms with Gasteiger partial charge in [-0.25, -0.2) is 0 Å². The van der Waals surface area contributed by atoms with Crippen LogP contribution in [0, 0.1) is 0 Å². The molecule has 52 valence electrons. The van der Waals surface area contributed by atoms with Gasteiger partial charge in [0.1, 0.15) is 0 Å². The van der Waals surface area contributed by atoms with Crippen molar-refractivity contribution < 1.29 is 15.0 Å². The van der Waals surface area contributed by atoms with Crippen molar-refractivity contribution in [3.63, 3.8) is 0 Å². The Balaban J connectivity index is -0.0000000483. The van der Waals surface area contributed by atoms with E-state index >= 15 is 0 Å². The molecule has 5 N–H and O–H groups in total. The van der Waals surface area contributed by atoms with Crippen LogP contribution in [-0.4, -0.2) is 30.8 Å². The van der Waals surface area contributed by atoms with Gasteiger partial charge in [-0.3, -0.25) is 16.1 Å². The van der Waals surface area contributed by atoms with E-state index < -0.39 is 0 Å². The second-order valence-electron chi connectivity index (χ2n) is 0.394. The molecule has 0 heterocycles. The molecule has 0 aliphatic carbocycles. The first kappa shape index (κ1) is 15.7. The minimum absolute atomic E-state index is 0.250. The van der Waals surface area contributed by atoms with Crippen molar-refractivity contribution in [3.05, 3.63) is 0 Å². The van der Waals surface area contributed by atoms with E-state index in [4.69, 9.17) is 15.0 Å². The number of hydrazine groups is 1. The minimum atomic E-state index is -0.250. The van der Waals surface area contributed by atoms with Crippen LogP contribution in [0.5, 0.6) is 0 Å². The smallest absolute Gasteiger partial charge is 0.290 e. The van der Waals surface area contributed by atoms with Gasteiger partial charge in [-0.05, 0) is 7.05 Å². The molecule has 0 aromatic heterocycles. The first-order chi connectivity index (χ1) is 3.83. The third-order valence-electron chi connectivity index (χ3n) is 0. The molecule has 0 saturated carbocycles. The van der Waals surface area contributed by atoms with Crippen molar-refractivity contribution in [2.75, 3.05) is 14.2 Å². The number of nitrogens with two attached hydrogens (primary N) is 1. The SMILES string of the molecule is CNN.CO.O=CO. The molecular formula is C3H12N2O3. The molecule has 0 radical (unpaired) electrons. The number of aliphatic hydroxyl groups excluding tert-OH is 1. The molecule has 5 nitrogen and oxygen atoms in total. The number of carboxylic acid groups (broad SMARTS) is 1. The summed E-state index contributed by atoms with van der Waals surface area (Å²) < 4.78 is 0. The summed E-state index contributed by atoms with van der Waals surface area (Å²) in [4.78, 5) is 8.36. The molecular weight excluding hydrogens is 112 g/mol. The van der Waals surface area contributed by atoms with Gasteiger partial charge in [-0.1, -0.05) is 0 Å². The molecule has 0 unspecified atom stereocenters. The molecule has 0 atom stereocenters. The summed E-state index contributed by atoms with van der Waals surface area (Å²) >= 11 is 0. The van der Waals surface area contributed by atoms with Crippen LogP contribution in [0.15, 0.2) is 0 Å². The summed E-state index contributed by atoms with van der Waals surface area (Å²) in [6, 6.07) is 0. The maximum Gasteiger partial charge on any atom is 0.290 e. The number of aliphatic hydroxyl groups is 1. The first-order valence-electron chi connectivity index (χ1n) is 1.73. The van der Waals surface area contributed by atoms with Gasteiger partial charge in [0, 0.05) is 7.11 Å². The Morgan fingerprint density at radius 3 is 1.62 bits per heavy atom. The Morgan fingerprint density at radius 2 is 1.62 bits per heavy atom. The Kier molecular flexibility index (Phi) is 195. The van der Waals surface area contributed by atoms with E-state index in [0.29, 0.717) is 0 Å². The predicted octanol–water partition coefficient (Wildman–Crippen LogP) is -1.61. The van der Waals surface area contributed by atoms with Gasteiger partial charge in [0.15, 0.2) is 0 Å². The van der Waals surface area contributed by atoms with Gasteiger partial charge in [-0.2, -0.15) is 0 Å². The zero-order valence-corrected chi connectivity index (χ0v) is 4.96. The Morgan fingerprint density at radius 1 is 1.62 bits per heavy atom. The fraction of sp³-hybridized carbons (Fsp3) is 0.667. The lowest BCUT2D eigenvalue weighted by Gasteiger charge is -1.62. The Bertz CT molecular complexity index is 26.5. The van der Waals surface area contributed by atoms with E-state index in [2.05, 4.69) is 11.3 Å². The van der Waals surface area contributed by atoms with Crippen LogP contribution in [0.25, 0.3) is 0 Å². The molecule has 0 saturated heterocycles. The standard InChI is InChI=1S/CH6N2.CH2O2.CH4O/c1-3-2;2-1-3;1-2/h3H,2H2,1H3;1H,(H,2,3);2H,1H3. The van der Waals surface area contributed by atoms with Crippen molar-refractivity contribution in [3.8, 4) is 0 Å². The maximum atomic E-state index is 8.36. The van der Waals surface area contributed by atoms with E-state index in [1.165, 1.54) is 0 Å².